The van der Waals surface area contributed by atoms with Crippen LogP contribution in [0.3, 0.4) is 0 Å². The molecule has 0 unspecified atom stereocenters. The van der Waals surface area contributed by atoms with E-state index in [4.69, 9.17) is 14.2 Å². The van der Waals surface area contributed by atoms with Gasteiger partial charge in [-0.25, -0.2) is 8.78 Å². The monoisotopic (exact) mass is 620 g/mol. The Balaban J connectivity index is 0.00000226. The van der Waals surface area contributed by atoms with Crippen molar-refractivity contribution in [2.24, 2.45) is 0 Å². The molecule has 1 saturated heterocycles. The summed E-state index contributed by atoms with van der Waals surface area (Å²) < 4.78 is 46.0. The summed E-state index contributed by atoms with van der Waals surface area (Å²) in [6.45, 7) is 12.4. The van der Waals surface area contributed by atoms with Crippen molar-refractivity contribution in [3.05, 3.63) is 89.3 Å². The molecule has 5 nitrogen and oxygen atoms in total. The topological polar surface area (TPSA) is 34.2 Å². The minimum absolute atomic E-state index is 0.104. The zero-order valence-electron chi connectivity index (χ0n) is 28.0. The van der Waals surface area contributed by atoms with Gasteiger partial charge in [-0.05, 0) is 105 Å². The van der Waals surface area contributed by atoms with Crippen molar-refractivity contribution in [2.75, 3.05) is 32.2 Å². The minimum atomic E-state index is -0.833. The Bertz CT molecular complexity index is 1430. The summed E-state index contributed by atoms with van der Waals surface area (Å²) in [5, 5.41) is 0. The first-order chi connectivity index (χ1) is 21.8. The van der Waals surface area contributed by atoms with Crippen LogP contribution in [-0.4, -0.2) is 44.4 Å². The number of anilines is 1. The molecule has 2 fully saturated rings. The number of likely N-dealkylation sites (tertiary alicyclic amines) is 1. The average molecular weight is 621 g/mol. The molecule has 0 N–H and O–H groups in total. The molecule has 1 saturated carbocycles. The highest BCUT2D eigenvalue weighted by atomic mass is 19.2. The molecule has 0 radical (unpaired) electrons. The first kappa shape index (κ1) is 34.1. The maximum absolute atomic E-state index is 14.5. The maximum Gasteiger partial charge on any atom is 0.185 e. The van der Waals surface area contributed by atoms with Crippen LogP contribution in [0.25, 0.3) is 11.1 Å². The smallest absolute Gasteiger partial charge is 0.185 e. The molecule has 244 valence electrons. The Morgan fingerprint density at radius 3 is 2.24 bits per heavy atom. The molecule has 0 amide bonds. The second-order valence-electron chi connectivity index (χ2n) is 11.8. The predicted molar refractivity (Wildman–Crippen MR) is 180 cm³/mol. The van der Waals surface area contributed by atoms with Gasteiger partial charge in [0, 0.05) is 43.0 Å². The summed E-state index contributed by atoms with van der Waals surface area (Å²) in [4.78, 5) is 4.54. The largest absolute Gasteiger partial charge is 0.493 e. The lowest BCUT2D eigenvalue weighted by atomic mass is 9.97. The number of hydrogen-bond acceptors (Lipinski definition) is 5. The lowest BCUT2D eigenvalue weighted by molar-refractivity contribution is 0.0578. The van der Waals surface area contributed by atoms with Crippen LogP contribution in [0, 0.1) is 11.6 Å². The molecule has 3 aromatic carbocycles. The minimum Gasteiger partial charge on any atom is -0.493 e. The number of ether oxygens (including phenoxy) is 3. The van der Waals surface area contributed by atoms with Gasteiger partial charge in [-0.15, -0.1) is 0 Å². The summed E-state index contributed by atoms with van der Waals surface area (Å²) in [5.74, 6) is 1.33. The van der Waals surface area contributed by atoms with E-state index in [1.165, 1.54) is 17.7 Å². The molecule has 5 rings (SSSR count). The average Bonchev–Trinajstić information content (AvgIpc) is 3.91. The Morgan fingerprint density at radius 1 is 0.911 bits per heavy atom. The zero-order chi connectivity index (χ0) is 32.5. The molecule has 45 heavy (non-hydrogen) atoms. The number of benzene rings is 3. The predicted octanol–water partition coefficient (Wildman–Crippen LogP) is 9.70. The molecule has 0 spiro atoms. The van der Waals surface area contributed by atoms with Gasteiger partial charge in [-0.2, -0.15) is 0 Å². The molecule has 0 bridgehead atoms. The molecule has 3 aromatic rings. The Labute approximate surface area is 268 Å². The van der Waals surface area contributed by atoms with Crippen molar-refractivity contribution in [1.29, 1.82) is 0 Å². The van der Waals surface area contributed by atoms with Gasteiger partial charge in [-0.3, -0.25) is 0 Å². The molecule has 1 aliphatic heterocycles. The molecule has 1 aliphatic carbocycles. The number of methoxy groups -OCH3 is 2. The van der Waals surface area contributed by atoms with Crippen molar-refractivity contribution in [1.82, 2.24) is 4.90 Å². The maximum atomic E-state index is 14.5. The summed E-state index contributed by atoms with van der Waals surface area (Å²) in [6, 6.07) is 17.1. The third-order valence-corrected chi connectivity index (χ3v) is 8.32. The van der Waals surface area contributed by atoms with E-state index in [-0.39, 0.29) is 12.1 Å². The number of halogens is 2. The van der Waals surface area contributed by atoms with Gasteiger partial charge < -0.3 is 24.0 Å². The van der Waals surface area contributed by atoms with Gasteiger partial charge in [-0.1, -0.05) is 39.0 Å². The van der Waals surface area contributed by atoms with Crippen LogP contribution < -0.4 is 14.4 Å². The molecule has 2 aliphatic rings. The fourth-order valence-corrected chi connectivity index (χ4v) is 6.06. The molecular weight excluding hydrogens is 570 g/mol. The van der Waals surface area contributed by atoms with Gasteiger partial charge in [0.15, 0.2) is 29.0 Å². The lowest BCUT2D eigenvalue weighted by Crippen LogP contribution is -2.45. The van der Waals surface area contributed by atoms with E-state index in [1.54, 1.807) is 20.3 Å². The van der Waals surface area contributed by atoms with Crippen LogP contribution in [0.5, 0.6) is 11.5 Å². The summed E-state index contributed by atoms with van der Waals surface area (Å²) in [6.07, 6.45) is 7.22. The van der Waals surface area contributed by atoms with Gasteiger partial charge in [0.2, 0.25) is 0 Å². The third-order valence-electron chi connectivity index (χ3n) is 8.32. The van der Waals surface area contributed by atoms with Crippen molar-refractivity contribution in [2.45, 2.75) is 91.3 Å². The van der Waals surface area contributed by atoms with E-state index >= 15 is 0 Å². The van der Waals surface area contributed by atoms with E-state index in [9.17, 15) is 8.78 Å². The zero-order valence-corrected chi connectivity index (χ0v) is 28.0. The molecule has 1 heterocycles. The SMILES string of the molecule is CC.CC/C=C(\OC(C)C)N1CCC(N(Cc2cccc(-c3cc(OC)c(OC)c(C4CC4)c3)c2)c2ccc(F)c(F)c2)CC1. The van der Waals surface area contributed by atoms with Gasteiger partial charge in [0.05, 0.1) is 20.3 Å². The van der Waals surface area contributed by atoms with Crippen LogP contribution in [0.1, 0.15) is 83.8 Å². The fourth-order valence-electron chi connectivity index (χ4n) is 6.06. The quantitative estimate of drug-likeness (QED) is 0.188. The first-order valence-corrected chi connectivity index (χ1v) is 16.5. The van der Waals surface area contributed by atoms with E-state index in [2.05, 4.69) is 53.1 Å². The van der Waals surface area contributed by atoms with Gasteiger partial charge >= 0.3 is 0 Å². The number of allylic oxidation sites excluding steroid dienone is 1. The molecule has 0 aromatic heterocycles. The molecule has 0 atom stereocenters. The highest BCUT2D eigenvalue weighted by Crippen LogP contribution is 2.49. The van der Waals surface area contributed by atoms with Gasteiger partial charge in [0.25, 0.3) is 0 Å². The summed E-state index contributed by atoms with van der Waals surface area (Å²) >= 11 is 0. The lowest BCUT2D eigenvalue weighted by Gasteiger charge is -2.41. The number of rotatable bonds is 12. The van der Waals surface area contributed by atoms with E-state index in [1.807, 2.05) is 33.8 Å². The summed E-state index contributed by atoms with van der Waals surface area (Å²) in [7, 11) is 3.37. The van der Waals surface area contributed by atoms with Gasteiger partial charge in [0.1, 0.15) is 0 Å². The van der Waals surface area contributed by atoms with E-state index in [0.717, 1.165) is 79.3 Å². The van der Waals surface area contributed by atoms with Crippen LogP contribution in [-0.2, 0) is 11.3 Å². The number of nitrogens with zero attached hydrogens (tertiary/aromatic N) is 2. The summed E-state index contributed by atoms with van der Waals surface area (Å²) in [5.41, 5.74) is 5.14. The third kappa shape index (κ3) is 8.50. The molecule has 7 heteroatoms. The number of piperidine rings is 1. The van der Waals surface area contributed by atoms with Crippen molar-refractivity contribution in [3.63, 3.8) is 0 Å². The second-order valence-corrected chi connectivity index (χ2v) is 11.8. The van der Waals surface area contributed by atoms with Crippen LogP contribution in [0.15, 0.2) is 66.6 Å². The van der Waals surface area contributed by atoms with Crippen LogP contribution >= 0.6 is 0 Å². The first-order valence-electron chi connectivity index (χ1n) is 16.5. The van der Waals surface area contributed by atoms with Crippen LogP contribution in [0.2, 0.25) is 0 Å². The normalized spacial score (nSPS) is 15.4. The second kappa shape index (κ2) is 16.0. The highest BCUT2D eigenvalue weighted by Gasteiger charge is 2.30. The standard InChI is InChI=1S/C36H44F2N2O3.C2H6/c1-6-8-35(43-24(2)3)39-17-15-29(16-18-39)40(30-13-14-32(37)33(38)22-30)23-25-9-7-10-27(19-25)28-20-31(26-11-12-26)36(42-5)34(21-28)41-4;1-2/h7-10,13-14,19-22,24,26,29H,6,11-12,15-18,23H2,1-5H3;1-2H3/b35-8-;. The van der Waals surface area contributed by atoms with E-state index < -0.39 is 11.6 Å². The Hall–Kier alpha value is -3.74. The number of hydrogen-bond donors (Lipinski definition) is 0. The molecular formula is C38H50F2N2O3. The van der Waals surface area contributed by atoms with Crippen LogP contribution in [0.4, 0.5) is 14.5 Å². The van der Waals surface area contributed by atoms with Crippen molar-refractivity contribution >= 4 is 5.69 Å². The van der Waals surface area contributed by atoms with E-state index in [0.29, 0.717) is 18.2 Å². The Morgan fingerprint density at radius 2 is 1.64 bits per heavy atom. The highest BCUT2D eigenvalue weighted by molar-refractivity contribution is 5.70. The Kier molecular flexibility index (Phi) is 12.1. The fraction of sp³-hybridized carbons (Fsp3) is 0.474. The van der Waals surface area contributed by atoms with Crippen molar-refractivity contribution in [3.8, 4) is 22.6 Å². The van der Waals surface area contributed by atoms with Crippen molar-refractivity contribution < 1.29 is 23.0 Å².